The van der Waals surface area contributed by atoms with Crippen LogP contribution in [0.5, 0.6) is 11.5 Å². The molecule has 6 heteroatoms. The molecule has 19 heavy (non-hydrogen) atoms. The quantitative estimate of drug-likeness (QED) is 0.800. The Balaban J connectivity index is 3.02. The molecule has 0 fully saturated rings. The molecule has 0 heterocycles. The number of halogens is 1. The van der Waals surface area contributed by atoms with Crippen LogP contribution in [-0.4, -0.2) is 25.7 Å². The molecule has 3 N–H and O–H groups in total. The number of hydrogen-bond acceptors (Lipinski definition) is 4. The average Bonchev–Trinajstić information content (AvgIpc) is 2.33. The molecule has 0 saturated heterocycles. The fourth-order valence-corrected chi connectivity index (χ4v) is 1.76. The van der Waals surface area contributed by atoms with Crippen LogP contribution in [0.2, 0.25) is 5.02 Å². The smallest absolute Gasteiger partial charge is 0.255 e. The van der Waals surface area contributed by atoms with E-state index >= 15 is 0 Å². The van der Waals surface area contributed by atoms with Crippen molar-refractivity contribution in [3.8, 4) is 11.5 Å². The highest BCUT2D eigenvalue weighted by Gasteiger charge is 2.14. The highest BCUT2D eigenvalue weighted by Crippen LogP contribution is 2.34. The molecule has 0 unspecified atom stereocenters. The molecule has 106 valence electrons. The summed E-state index contributed by atoms with van der Waals surface area (Å²) in [6, 6.07) is 3.72. The summed E-state index contributed by atoms with van der Waals surface area (Å²) in [7, 11) is 1.52. The first-order valence-corrected chi connectivity index (χ1v) is 6.32. The molecule has 1 rings (SSSR count). The molecule has 1 aromatic rings. The summed E-state index contributed by atoms with van der Waals surface area (Å²) in [6.45, 7) is 4.42. The van der Waals surface area contributed by atoms with Crippen LogP contribution in [0.15, 0.2) is 12.1 Å². The first-order chi connectivity index (χ1) is 8.93. The minimum absolute atomic E-state index is 0.202. The second-order valence-corrected chi connectivity index (χ2v) is 4.82. The van der Waals surface area contributed by atoms with Crippen LogP contribution >= 0.6 is 11.6 Å². The van der Waals surface area contributed by atoms with Gasteiger partial charge in [-0.2, -0.15) is 0 Å². The predicted molar refractivity (Wildman–Crippen MR) is 74.7 cm³/mol. The fraction of sp³-hybridized carbons (Fsp3) is 0.462. The lowest BCUT2D eigenvalue weighted by Crippen LogP contribution is -2.24. The van der Waals surface area contributed by atoms with Crippen LogP contribution in [0, 0.1) is 0 Å². The van der Waals surface area contributed by atoms with Gasteiger partial charge in [0.25, 0.3) is 5.91 Å². The summed E-state index contributed by atoms with van der Waals surface area (Å²) in [6.07, 6.45) is 0. The van der Waals surface area contributed by atoms with Crippen LogP contribution in [0.4, 0.5) is 0 Å². The normalized spacial score (nSPS) is 10.6. The van der Waals surface area contributed by atoms with E-state index in [4.69, 9.17) is 26.8 Å². The largest absolute Gasteiger partial charge is 0.493 e. The Kier molecular flexibility index (Phi) is 5.92. The fourth-order valence-electron chi connectivity index (χ4n) is 1.53. The molecule has 0 bridgehead atoms. The molecule has 0 saturated carbocycles. The van der Waals surface area contributed by atoms with Gasteiger partial charge in [-0.25, -0.2) is 0 Å². The number of primary amides is 1. The Labute approximate surface area is 118 Å². The molecule has 0 aliphatic carbocycles. The summed E-state index contributed by atoms with van der Waals surface area (Å²) >= 11 is 6.02. The Morgan fingerprint density at radius 2 is 2.16 bits per heavy atom. The van der Waals surface area contributed by atoms with Gasteiger partial charge in [0.15, 0.2) is 18.1 Å². The number of methoxy groups -OCH3 is 1. The van der Waals surface area contributed by atoms with Crippen molar-refractivity contribution in [3.63, 3.8) is 0 Å². The summed E-state index contributed by atoms with van der Waals surface area (Å²) in [5, 5.41) is 3.80. The molecule has 0 radical (unpaired) electrons. The van der Waals surface area contributed by atoms with Crippen LogP contribution in [0.1, 0.15) is 19.4 Å². The van der Waals surface area contributed by atoms with Crippen molar-refractivity contribution in [2.24, 2.45) is 5.73 Å². The van der Waals surface area contributed by atoms with Crippen molar-refractivity contribution in [1.82, 2.24) is 5.32 Å². The Morgan fingerprint density at radius 3 is 2.68 bits per heavy atom. The molecule has 0 spiro atoms. The molecular weight excluding hydrogens is 268 g/mol. The minimum atomic E-state index is -0.542. The van der Waals surface area contributed by atoms with E-state index in [1.807, 2.05) is 13.8 Å². The van der Waals surface area contributed by atoms with Gasteiger partial charge in [0.05, 0.1) is 7.11 Å². The van der Waals surface area contributed by atoms with E-state index in [1.165, 1.54) is 7.11 Å². The molecular formula is C13H19ClN2O3. The van der Waals surface area contributed by atoms with Crippen molar-refractivity contribution in [2.45, 2.75) is 26.4 Å². The number of nitrogens with two attached hydrogens (primary N) is 1. The molecule has 0 aliphatic rings. The number of ether oxygens (including phenoxy) is 2. The third-order valence-electron chi connectivity index (χ3n) is 2.38. The molecule has 0 aliphatic heterocycles. The van der Waals surface area contributed by atoms with Gasteiger partial charge in [-0.3, -0.25) is 4.79 Å². The number of hydrogen-bond donors (Lipinski definition) is 2. The second kappa shape index (κ2) is 7.21. The lowest BCUT2D eigenvalue weighted by molar-refractivity contribution is -0.119. The maximum Gasteiger partial charge on any atom is 0.255 e. The second-order valence-electron chi connectivity index (χ2n) is 4.39. The van der Waals surface area contributed by atoms with Gasteiger partial charge < -0.3 is 20.5 Å². The van der Waals surface area contributed by atoms with E-state index in [1.54, 1.807) is 12.1 Å². The highest BCUT2D eigenvalue weighted by molar-refractivity contribution is 6.30. The first-order valence-electron chi connectivity index (χ1n) is 5.95. The highest BCUT2D eigenvalue weighted by atomic mass is 35.5. The van der Waals surface area contributed by atoms with Crippen molar-refractivity contribution in [2.75, 3.05) is 13.7 Å². The zero-order valence-corrected chi connectivity index (χ0v) is 12.1. The third kappa shape index (κ3) is 4.96. The number of amides is 1. The standard InChI is InChI=1S/C13H19ClN2O3/c1-8(2)16-6-9-4-10(14)5-11(18-3)13(9)19-7-12(15)17/h4-5,8,16H,6-7H2,1-3H3,(H2,15,17). The molecule has 0 aromatic heterocycles. The SMILES string of the molecule is COc1cc(Cl)cc(CNC(C)C)c1OCC(N)=O. The average molecular weight is 287 g/mol. The van der Waals surface area contributed by atoms with E-state index in [0.29, 0.717) is 29.1 Å². The first kappa shape index (κ1) is 15.6. The predicted octanol–water partition coefficient (Wildman–Crippen LogP) is 1.71. The van der Waals surface area contributed by atoms with Crippen molar-refractivity contribution < 1.29 is 14.3 Å². The minimum Gasteiger partial charge on any atom is -0.493 e. The number of nitrogens with one attached hydrogen (secondary N) is 1. The molecule has 1 aromatic carbocycles. The van der Waals surface area contributed by atoms with E-state index in [0.717, 1.165) is 5.56 Å². The van der Waals surface area contributed by atoms with Crippen LogP contribution in [-0.2, 0) is 11.3 Å². The zero-order valence-electron chi connectivity index (χ0n) is 11.3. The molecule has 5 nitrogen and oxygen atoms in total. The summed E-state index contributed by atoms with van der Waals surface area (Å²) in [5.41, 5.74) is 5.91. The van der Waals surface area contributed by atoms with Crippen LogP contribution < -0.4 is 20.5 Å². The van der Waals surface area contributed by atoms with E-state index < -0.39 is 5.91 Å². The van der Waals surface area contributed by atoms with Crippen LogP contribution in [0.25, 0.3) is 0 Å². The number of rotatable bonds is 7. The van der Waals surface area contributed by atoms with E-state index in [9.17, 15) is 4.79 Å². The van der Waals surface area contributed by atoms with E-state index in [-0.39, 0.29) is 6.61 Å². The van der Waals surface area contributed by atoms with Gasteiger partial charge in [-0.15, -0.1) is 0 Å². The molecule has 0 atom stereocenters. The lowest BCUT2D eigenvalue weighted by atomic mass is 10.1. The van der Waals surface area contributed by atoms with Gasteiger partial charge in [-0.05, 0) is 6.07 Å². The van der Waals surface area contributed by atoms with Crippen molar-refractivity contribution in [1.29, 1.82) is 0 Å². The van der Waals surface area contributed by atoms with Gasteiger partial charge in [-0.1, -0.05) is 25.4 Å². The summed E-state index contributed by atoms with van der Waals surface area (Å²) < 4.78 is 10.6. The Morgan fingerprint density at radius 1 is 1.47 bits per heavy atom. The van der Waals surface area contributed by atoms with Gasteiger partial charge >= 0.3 is 0 Å². The van der Waals surface area contributed by atoms with Gasteiger partial charge in [0, 0.05) is 29.2 Å². The summed E-state index contributed by atoms with van der Waals surface area (Å²) in [4.78, 5) is 10.8. The van der Waals surface area contributed by atoms with Crippen molar-refractivity contribution in [3.05, 3.63) is 22.7 Å². The maximum atomic E-state index is 10.8. The third-order valence-corrected chi connectivity index (χ3v) is 2.59. The number of carbonyl (C=O) groups excluding carboxylic acids is 1. The van der Waals surface area contributed by atoms with Crippen LogP contribution in [0.3, 0.4) is 0 Å². The zero-order chi connectivity index (χ0) is 14.4. The monoisotopic (exact) mass is 286 g/mol. The number of benzene rings is 1. The number of carbonyl (C=O) groups is 1. The molecule has 1 amide bonds. The topological polar surface area (TPSA) is 73.6 Å². The maximum absolute atomic E-state index is 10.8. The van der Waals surface area contributed by atoms with E-state index in [2.05, 4.69) is 5.32 Å². The van der Waals surface area contributed by atoms with Gasteiger partial charge in [0.1, 0.15) is 0 Å². The Bertz CT molecular complexity index is 450. The van der Waals surface area contributed by atoms with Crippen molar-refractivity contribution >= 4 is 17.5 Å². The lowest BCUT2D eigenvalue weighted by Gasteiger charge is -2.16. The summed E-state index contributed by atoms with van der Waals surface area (Å²) in [5.74, 6) is 0.424. The Hall–Kier alpha value is -1.46. The van der Waals surface area contributed by atoms with Gasteiger partial charge in [0.2, 0.25) is 0 Å².